The molecule has 1 aliphatic rings. The first-order valence-corrected chi connectivity index (χ1v) is 9.34. The highest BCUT2D eigenvalue weighted by Crippen LogP contribution is 2.27. The van der Waals surface area contributed by atoms with Crippen molar-refractivity contribution in [2.24, 2.45) is 0 Å². The van der Waals surface area contributed by atoms with Gasteiger partial charge < -0.3 is 5.32 Å². The van der Waals surface area contributed by atoms with E-state index in [1.807, 2.05) is 6.07 Å². The van der Waals surface area contributed by atoms with Gasteiger partial charge in [-0.15, -0.1) is 0 Å². The Morgan fingerprint density at radius 2 is 1.80 bits per heavy atom. The van der Waals surface area contributed by atoms with Crippen molar-refractivity contribution in [3.63, 3.8) is 0 Å². The highest BCUT2D eigenvalue weighted by molar-refractivity contribution is 7.89. The molecular formula is C18H17N3O3S. The molecule has 1 unspecified atom stereocenters. The number of carbonyl (C=O) groups is 1. The van der Waals surface area contributed by atoms with E-state index in [1.165, 1.54) is 16.4 Å². The molecule has 7 heteroatoms. The quantitative estimate of drug-likeness (QED) is 0.911. The molecular weight excluding hydrogens is 338 g/mol. The Balaban J connectivity index is 1.79. The van der Waals surface area contributed by atoms with Crippen LogP contribution in [0.5, 0.6) is 0 Å². The molecule has 25 heavy (non-hydrogen) atoms. The summed E-state index contributed by atoms with van der Waals surface area (Å²) in [5.41, 5.74) is 1.03. The number of hydrogen-bond donors (Lipinski definition) is 1. The minimum Gasteiger partial charge on any atom is -0.325 e. The number of carbonyl (C=O) groups excluding carboxylic acids is 1. The second kappa shape index (κ2) is 7.05. The second-order valence-electron chi connectivity index (χ2n) is 5.77. The van der Waals surface area contributed by atoms with Crippen LogP contribution in [0.1, 0.15) is 18.4 Å². The maximum absolute atomic E-state index is 12.8. The fraction of sp³-hybridized carbons (Fsp3) is 0.222. The fourth-order valence-corrected chi connectivity index (χ4v) is 4.55. The smallest absolute Gasteiger partial charge is 0.243 e. The van der Waals surface area contributed by atoms with Crippen molar-refractivity contribution < 1.29 is 13.2 Å². The lowest BCUT2D eigenvalue weighted by molar-refractivity contribution is -0.119. The normalized spacial score (nSPS) is 17.8. The van der Waals surface area contributed by atoms with Gasteiger partial charge in [0.05, 0.1) is 16.5 Å². The zero-order valence-electron chi connectivity index (χ0n) is 13.4. The molecule has 1 saturated heterocycles. The van der Waals surface area contributed by atoms with Gasteiger partial charge in [0.1, 0.15) is 6.04 Å². The third-order valence-electron chi connectivity index (χ3n) is 4.14. The lowest BCUT2D eigenvalue weighted by atomic mass is 10.2. The number of nitriles is 1. The molecule has 3 rings (SSSR count). The Hall–Kier alpha value is -2.69. The van der Waals surface area contributed by atoms with Crippen molar-refractivity contribution in [2.75, 3.05) is 11.9 Å². The van der Waals surface area contributed by atoms with E-state index in [1.54, 1.807) is 42.5 Å². The van der Waals surface area contributed by atoms with Gasteiger partial charge in [0.15, 0.2) is 0 Å². The summed E-state index contributed by atoms with van der Waals surface area (Å²) < 4.78 is 26.9. The molecule has 0 aliphatic carbocycles. The van der Waals surface area contributed by atoms with E-state index in [9.17, 15) is 13.2 Å². The van der Waals surface area contributed by atoms with Crippen molar-refractivity contribution in [3.8, 4) is 6.07 Å². The third kappa shape index (κ3) is 3.55. The third-order valence-corrected chi connectivity index (χ3v) is 6.06. The SMILES string of the molecule is N#Cc1ccc(NC(=O)C2CCCN2S(=O)(=O)c2ccccc2)cc1. The molecule has 1 amide bonds. The van der Waals surface area contributed by atoms with E-state index in [-0.39, 0.29) is 10.8 Å². The molecule has 1 fully saturated rings. The van der Waals surface area contributed by atoms with Crippen LogP contribution in [0.3, 0.4) is 0 Å². The summed E-state index contributed by atoms with van der Waals surface area (Å²) in [6.45, 7) is 0.322. The van der Waals surface area contributed by atoms with E-state index in [2.05, 4.69) is 5.32 Å². The first-order chi connectivity index (χ1) is 12.0. The van der Waals surface area contributed by atoms with Crippen LogP contribution in [-0.4, -0.2) is 31.2 Å². The van der Waals surface area contributed by atoms with Gasteiger partial charge in [0.2, 0.25) is 15.9 Å². The molecule has 2 aromatic rings. The number of anilines is 1. The van der Waals surface area contributed by atoms with Gasteiger partial charge in [-0.1, -0.05) is 18.2 Å². The maximum Gasteiger partial charge on any atom is 0.243 e. The van der Waals surface area contributed by atoms with E-state index in [4.69, 9.17) is 5.26 Å². The fourth-order valence-electron chi connectivity index (χ4n) is 2.87. The van der Waals surface area contributed by atoms with Crippen molar-refractivity contribution in [2.45, 2.75) is 23.8 Å². The van der Waals surface area contributed by atoms with Crippen LogP contribution >= 0.6 is 0 Å². The molecule has 0 aromatic heterocycles. The molecule has 6 nitrogen and oxygen atoms in total. The summed E-state index contributed by atoms with van der Waals surface area (Å²) in [5, 5.41) is 11.5. The number of rotatable bonds is 4. The summed E-state index contributed by atoms with van der Waals surface area (Å²) in [6.07, 6.45) is 1.12. The first-order valence-electron chi connectivity index (χ1n) is 7.90. The van der Waals surface area contributed by atoms with Crippen LogP contribution in [0.4, 0.5) is 5.69 Å². The lowest BCUT2D eigenvalue weighted by Crippen LogP contribution is -2.43. The van der Waals surface area contributed by atoms with Crippen LogP contribution in [-0.2, 0) is 14.8 Å². The van der Waals surface area contributed by atoms with Gasteiger partial charge in [-0.3, -0.25) is 4.79 Å². The van der Waals surface area contributed by atoms with Crippen LogP contribution in [0.2, 0.25) is 0 Å². The van der Waals surface area contributed by atoms with E-state index in [0.717, 1.165) is 0 Å². The zero-order valence-corrected chi connectivity index (χ0v) is 14.2. The Morgan fingerprint density at radius 1 is 1.12 bits per heavy atom. The van der Waals surface area contributed by atoms with Gasteiger partial charge >= 0.3 is 0 Å². The van der Waals surface area contributed by atoms with Gasteiger partial charge in [0, 0.05) is 12.2 Å². The predicted octanol–water partition coefficient (Wildman–Crippen LogP) is 2.35. The molecule has 0 spiro atoms. The van der Waals surface area contributed by atoms with E-state index < -0.39 is 16.1 Å². The van der Waals surface area contributed by atoms with Gasteiger partial charge in [-0.25, -0.2) is 8.42 Å². The summed E-state index contributed by atoms with van der Waals surface area (Å²) >= 11 is 0. The van der Waals surface area contributed by atoms with Crippen LogP contribution in [0.25, 0.3) is 0 Å². The number of nitrogens with zero attached hydrogens (tertiary/aromatic N) is 2. The summed E-state index contributed by atoms with van der Waals surface area (Å²) in [4.78, 5) is 12.8. The Labute approximate surface area is 146 Å². The molecule has 2 aromatic carbocycles. The molecule has 1 atom stereocenters. The van der Waals surface area contributed by atoms with Crippen molar-refractivity contribution in [1.82, 2.24) is 4.31 Å². The Kier molecular flexibility index (Phi) is 4.83. The highest BCUT2D eigenvalue weighted by Gasteiger charge is 2.39. The molecule has 1 heterocycles. The lowest BCUT2D eigenvalue weighted by Gasteiger charge is -2.23. The van der Waals surface area contributed by atoms with Crippen molar-refractivity contribution in [1.29, 1.82) is 5.26 Å². The number of nitrogens with one attached hydrogen (secondary N) is 1. The van der Waals surface area contributed by atoms with Gasteiger partial charge in [-0.05, 0) is 49.2 Å². The van der Waals surface area contributed by atoms with Crippen molar-refractivity contribution >= 4 is 21.6 Å². The standard InChI is InChI=1S/C18H17N3O3S/c19-13-14-8-10-15(11-9-14)20-18(22)17-7-4-12-21(17)25(23,24)16-5-2-1-3-6-16/h1-3,5-6,8-11,17H,4,7,12H2,(H,20,22). The van der Waals surface area contributed by atoms with Gasteiger partial charge in [0.25, 0.3) is 0 Å². The summed E-state index contributed by atoms with van der Waals surface area (Å²) in [5.74, 6) is -0.360. The summed E-state index contributed by atoms with van der Waals surface area (Å²) in [7, 11) is -3.71. The predicted molar refractivity (Wildman–Crippen MR) is 93.1 cm³/mol. The Bertz CT molecular complexity index is 903. The van der Waals surface area contributed by atoms with Crippen LogP contribution in [0, 0.1) is 11.3 Å². The van der Waals surface area contributed by atoms with Crippen LogP contribution in [0.15, 0.2) is 59.5 Å². The number of sulfonamides is 1. The number of benzene rings is 2. The number of amides is 1. The molecule has 1 N–H and O–H groups in total. The van der Waals surface area contributed by atoms with Gasteiger partial charge in [-0.2, -0.15) is 9.57 Å². The van der Waals surface area contributed by atoms with E-state index >= 15 is 0 Å². The second-order valence-corrected chi connectivity index (χ2v) is 7.66. The zero-order chi connectivity index (χ0) is 17.9. The average Bonchev–Trinajstić information content (AvgIpc) is 3.14. The maximum atomic E-state index is 12.8. The average molecular weight is 355 g/mol. The largest absolute Gasteiger partial charge is 0.325 e. The number of hydrogen-bond acceptors (Lipinski definition) is 4. The molecule has 128 valence electrons. The molecule has 1 aliphatic heterocycles. The minimum atomic E-state index is -3.71. The minimum absolute atomic E-state index is 0.188. The Morgan fingerprint density at radius 3 is 2.44 bits per heavy atom. The van der Waals surface area contributed by atoms with E-state index in [0.29, 0.717) is 30.6 Å². The molecule has 0 radical (unpaired) electrons. The topological polar surface area (TPSA) is 90.3 Å². The van der Waals surface area contributed by atoms with Crippen LogP contribution < -0.4 is 5.32 Å². The monoisotopic (exact) mass is 355 g/mol. The molecule has 0 bridgehead atoms. The van der Waals surface area contributed by atoms with Crippen molar-refractivity contribution in [3.05, 3.63) is 60.2 Å². The first kappa shape index (κ1) is 17.1. The highest BCUT2D eigenvalue weighted by atomic mass is 32.2. The summed E-state index contributed by atoms with van der Waals surface area (Å²) in [6, 6.07) is 15.9. The molecule has 0 saturated carbocycles.